The number of hydrogen-bond donors (Lipinski definition) is 1. The number of nitrogens with zero attached hydrogens (tertiary/aromatic N) is 2. The van der Waals surface area contributed by atoms with E-state index in [1.807, 2.05) is 24.3 Å². The van der Waals surface area contributed by atoms with Crippen molar-refractivity contribution in [3.63, 3.8) is 0 Å². The van der Waals surface area contributed by atoms with E-state index in [0.29, 0.717) is 18.7 Å². The van der Waals surface area contributed by atoms with Crippen molar-refractivity contribution in [2.24, 2.45) is 0 Å². The zero-order valence-corrected chi connectivity index (χ0v) is 16.2. The summed E-state index contributed by atoms with van der Waals surface area (Å²) < 4.78 is 31.0. The molecule has 1 fully saturated rings. The van der Waals surface area contributed by atoms with Gasteiger partial charge in [0, 0.05) is 37.4 Å². The van der Waals surface area contributed by atoms with Gasteiger partial charge in [-0.25, -0.2) is 13.1 Å². The number of piperazine rings is 1. The number of ether oxygens (including phenoxy) is 1. The highest BCUT2D eigenvalue weighted by Crippen LogP contribution is 2.21. The van der Waals surface area contributed by atoms with E-state index in [1.165, 1.54) is 19.2 Å². The Morgan fingerprint density at radius 2 is 1.56 bits per heavy atom. The molecule has 2 aromatic rings. The van der Waals surface area contributed by atoms with E-state index in [1.54, 1.807) is 24.1 Å². The molecule has 0 unspecified atom stereocenters. The van der Waals surface area contributed by atoms with Gasteiger partial charge in [-0.3, -0.25) is 4.79 Å². The monoisotopic (exact) mass is 389 g/mol. The summed E-state index contributed by atoms with van der Waals surface area (Å²) >= 11 is 0. The van der Waals surface area contributed by atoms with Crippen molar-refractivity contribution in [2.45, 2.75) is 4.90 Å². The predicted molar refractivity (Wildman–Crippen MR) is 104 cm³/mol. The smallest absolute Gasteiger partial charge is 0.253 e. The Morgan fingerprint density at radius 3 is 2.07 bits per heavy atom. The Hall–Kier alpha value is -2.58. The first kappa shape index (κ1) is 19.2. The first-order valence-electron chi connectivity index (χ1n) is 8.66. The van der Waals surface area contributed by atoms with Gasteiger partial charge in [0.15, 0.2) is 0 Å². The number of benzene rings is 2. The highest BCUT2D eigenvalue weighted by atomic mass is 32.2. The number of methoxy groups -OCH3 is 1. The van der Waals surface area contributed by atoms with Crippen molar-refractivity contribution in [1.82, 2.24) is 9.62 Å². The van der Waals surface area contributed by atoms with E-state index in [0.717, 1.165) is 24.5 Å². The lowest BCUT2D eigenvalue weighted by Gasteiger charge is -2.36. The lowest BCUT2D eigenvalue weighted by Crippen LogP contribution is -2.48. The Bertz CT molecular complexity index is 888. The number of carbonyl (C=O) groups excluding carboxylic acids is 1. The summed E-state index contributed by atoms with van der Waals surface area (Å²) in [5, 5.41) is 0. The van der Waals surface area contributed by atoms with Gasteiger partial charge in [-0.1, -0.05) is 0 Å². The molecule has 1 saturated heterocycles. The number of amides is 1. The Morgan fingerprint density at radius 1 is 0.963 bits per heavy atom. The first-order valence-corrected chi connectivity index (χ1v) is 10.1. The maximum absolute atomic E-state index is 12.7. The first-order chi connectivity index (χ1) is 12.9. The standard InChI is InChI=1S/C19H23N3O4S/c1-20-27(24,25)18-9-3-15(4-10-18)19(23)22-13-11-21(12-14-22)16-5-7-17(26-2)8-6-16/h3-10,20H,11-14H2,1-2H3. The van der Waals surface area contributed by atoms with Crippen LogP contribution in [0.3, 0.4) is 0 Å². The Balaban J connectivity index is 1.62. The third-order valence-electron chi connectivity index (χ3n) is 4.68. The van der Waals surface area contributed by atoms with Crippen LogP contribution in [0.15, 0.2) is 53.4 Å². The molecule has 0 radical (unpaired) electrons. The normalized spacial score (nSPS) is 14.9. The second-order valence-corrected chi connectivity index (χ2v) is 8.10. The lowest BCUT2D eigenvalue weighted by molar-refractivity contribution is 0.0746. The highest BCUT2D eigenvalue weighted by molar-refractivity contribution is 7.89. The van der Waals surface area contributed by atoms with Gasteiger partial charge < -0.3 is 14.5 Å². The van der Waals surface area contributed by atoms with Crippen molar-refractivity contribution < 1.29 is 17.9 Å². The molecule has 1 N–H and O–H groups in total. The summed E-state index contributed by atoms with van der Waals surface area (Å²) in [6.45, 7) is 2.71. The third kappa shape index (κ3) is 4.23. The van der Waals surface area contributed by atoms with Crippen molar-refractivity contribution in [3.8, 4) is 5.75 Å². The zero-order chi connectivity index (χ0) is 19.4. The van der Waals surface area contributed by atoms with Gasteiger partial charge in [0.2, 0.25) is 10.0 Å². The number of anilines is 1. The van der Waals surface area contributed by atoms with Crippen LogP contribution in [0, 0.1) is 0 Å². The van der Waals surface area contributed by atoms with Crippen LogP contribution in [0.1, 0.15) is 10.4 Å². The van der Waals surface area contributed by atoms with Gasteiger partial charge in [-0.2, -0.15) is 0 Å². The molecule has 8 heteroatoms. The molecule has 0 aromatic heterocycles. The van der Waals surface area contributed by atoms with Crippen LogP contribution in [0.5, 0.6) is 5.75 Å². The lowest BCUT2D eigenvalue weighted by atomic mass is 10.1. The van der Waals surface area contributed by atoms with Crippen molar-refractivity contribution in [2.75, 3.05) is 45.2 Å². The quantitative estimate of drug-likeness (QED) is 0.840. The fourth-order valence-electron chi connectivity index (χ4n) is 3.04. The summed E-state index contributed by atoms with van der Waals surface area (Å²) in [4.78, 5) is 16.8. The maximum Gasteiger partial charge on any atom is 0.253 e. The molecule has 27 heavy (non-hydrogen) atoms. The number of hydrogen-bond acceptors (Lipinski definition) is 5. The van der Waals surface area contributed by atoms with E-state index < -0.39 is 10.0 Å². The van der Waals surface area contributed by atoms with E-state index in [4.69, 9.17) is 4.74 Å². The average Bonchev–Trinajstić information content (AvgIpc) is 2.73. The molecule has 0 aliphatic carbocycles. The van der Waals surface area contributed by atoms with Crippen LogP contribution in [0.2, 0.25) is 0 Å². The van der Waals surface area contributed by atoms with E-state index in [-0.39, 0.29) is 10.8 Å². The van der Waals surface area contributed by atoms with Crippen LogP contribution in [-0.4, -0.2) is 59.6 Å². The van der Waals surface area contributed by atoms with Gasteiger partial charge in [-0.05, 0) is 55.6 Å². The van der Waals surface area contributed by atoms with Gasteiger partial charge in [0.05, 0.1) is 12.0 Å². The molecule has 0 spiro atoms. The molecule has 7 nitrogen and oxygen atoms in total. The minimum atomic E-state index is -3.50. The fraction of sp³-hybridized carbons (Fsp3) is 0.316. The topological polar surface area (TPSA) is 79.0 Å². The number of nitrogens with one attached hydrogen (secondary N) is 1. The van der Waals surface area contributed by atoms with Crippen LogP contribution >= 0.6 is 0 Å². The van der Waals surface area contributed by atoms with Crippen LogP contribution in [0.25, 0.3) is 0 Å². The molecule has 3 rings (SSSR count). The van der Waals surface area contributed by atoms with Crippen LogP contribution in [-0.2, 0) is 10.0 Å². The maximum atomic E-state index is 12.7. The third-order valence-corrected chi connectivity index (χ3v) is 6.11. The van der Waals surface area contributed by atoms with Crippen LogP contribution in [0.4, 0.5) is 5.69 Å². The van der Waals surface area contributed by atoms with Gasteiger partial charge >= 0.3 is 0 Å². The summed E-state index contributed by atoms with van der Waals surface area (Å²) in [5.74, 6) is 0.731. The van der Waals surface area contributed by atoms with Crippen LogP contribution < -0.4 is 14.4 Å². The molecule has 1 aliphatic heterocycles. The Labute approximate surface area is 159 Å². The average molecular weight is 389 g/mol. The minimum absolute atomic E-state index is 0.0854. The zero-order valence-electron chi connectivity index (χ0n) is 15.4. The fourth-order valence-corrected chi connectivity index (χ4v) is 3.77. The van der Waals surface area contributed by atoms with Crippen molar-refractivity contribution in [3.05, 3.63) is 54.1 Å². The highest BCUT2D eigenvalue weighted by Gasteiger charge is 2.23. The molecule has 2 aromatic carbocycles. The van der Waals surface area contributed by atoms with Gasteiger partial charge in [0.25, 0.3) is 5.91 Å². The summed E-state index contributed by atoms with van der Waals surface area (Å²) in [5.41, 5.74) is 1.59. The molecule has 144 valence electrons. The minimum Gasteiger partial charge on any atom is -0.497 e. The SMILES string of the molecule is CNS(=O)(=O)c1ccc(C(=O)N2CCN(c3ccc(OC)cc3)CC2)cc1. The van der Waals surface area contributed by atoms with Gasteiger partial charge in [0.1, 0.15) is 5.75 Å². The molecular weight excluding hydrogens is 366 g/mol. The second-order valence-electron chi connectivity index (χ2n) is 6.21. The predicted octanol–water partition coefficient (Wildman–Crippen LogP) is 1.57. The second kappa shape index (κ2) is 7.98. The molecule has 1 aliphatic rings. The van der Waals surface area contributed by atoms with E-state index in [2.05, 4.69) is 9.62 Å². The van der Waals surface area contributed by atoms with Crippen molar-refractivity contribution >= 4 is 21.6 Å². The Kier molecular flexibility index (Phi) is 5.67. The van der Waals surface area contributed by atoms with E-state index >= 15 is 0 Å². The number of carbonyl (C=O) groups is 1. The van der Waals surface area contributed by atoms with Gasteiger partial charge in [-0.15, -0.1) is 0 Å². The molecule has 1 amide bonds. The summed E-state index contributed by atoms with van der Waals surface area (Å²) in [7, 11) is -0.502. The van der Waals surface area contributed by atoms with Crippen molar-refractivity contribution in [1.29, 1.82) is 0 Å². The summed E-state index contributed by atoms with van der Waals surface area (Å²) in [6, 6.07) is 13.9. The molecule has 0 bridgehead atoms. The molecule has 0 saturated carbocycles. The number of sulfonamides is 1. The molecular formula is C19H23N3O4S. The molecule has 0 atom stereocenters. The molecule has 1 heterocycles. The largest absolute Gasteiger partial charge is 0.497 e. The van der Waals surface area contributed by atoms with E-state index in [9.17, 15) is 13.2 Å². The number of rotatable bonds is 5. The summed E-state index contributed by atoms with van der Waals surface area (Å²) in [6.07, 6.45) is 0.